The number of imidazole rings is 1. The van der Waals surface area contributed by atoms with E-state index in [9.17, 15) is 13.2 Å². The highest BCUT2D eigenvalue weighted by atomic mass is 19.4. The van der Waals surface area contributed by atoms with Crippen molar-refractivity contribution in [3.8, 4) is 0 Å². The Hall–Kier alpha value is -1.56. The van der Waals surface area contributed by atoms with E-state index in [2.05, 4.69) is 16.9 Å². The lowest BCUT2D eigenvalue weighted by atomic mass is 10.1. The summed E-state index contributed by atoms with van der Waals surface area (Å²) in [6.07, 6.45) is -1.59. The van der Waals surface area contributed by atoms with Crippen molar-refractivity contribution in [2.75, 3.05) is 0 Å². The summed E-state index contributed by atoms with van der Waals surface area (Å²) < 4.78 is 37.8. The molecule has 2 aromatic rings. The third-order valence-electron chi connectivity index (χ3n) is 3.05. The number of fused-ring (bicyclic) bond motifs is 1. The number of nitrogens with two attached hydrogens (primary N) is 1. The van der Waals surface area contributed by atoms with Gasteiger partial charge in [-0.05, 0) is 24.6 Å². The SMILES string of the molecule is CCCCC(N)c1nc2ccc(C(F)(F)F)cc2[nH]1. The van der Waals surface area contributed by atoms with Crippen LogP contribution in [-0.2, 0) is 6.18 Å². The number of unbranched alkanes of at least 4 members (excludes halogenated alkanes) is 1. The standard InChI is InChI=1S/C13H16F3N3/c1-2-3-4-9(17)12-18-10-6-5-8(13(14,15)16)7-11(10)19-12/h5-7,9H,2-4,17H2,1H3,(H,18,19). The van der Waals surface area contributed by atoms with Gasteiger partial charge >= 0.3 is 6.18 Å². The molecule has 0 radical (unpaired) electrons. The summed E-state index contributed by atoms with van der Waals surface area (Å²) in [5.41, 5.74) is 6.15. The minimum absolute atomic E-state index is 0.262. The molecule has 1 aromatic carbocycles. The molecular weight excluding hydrogens is 255 g/mol. The summed E-state index contributed by atoms with van der Waals surface area (Å²) in [7, 11) is 0. The predicted octanol–water partition coefficient (Wildman–Crippen LogP) is 3.77. The number of hydrogen-bond donors (Lipinski definition) is 2. The number of hydrogen-bond acceptors (Lipinski definition) is 2. The summed E-state index contributed by atoms with van der Waals surface area (Å²) in [5, 5.41) is 0. The van der Waals surface area contributed by atoms with E-state index in [0.29, 0.717) is 16.9 Å². The maximum atomic E-state index is 12.6. The first kappa shape index (κ1) is 13.9. The largest absolute Gasteiger partial charge is 0.416 e. The molecule has 0 saturated heterocycles. The number of nitrogens with zero attached hydrogens (tertiary/aromatic N) is 1. The van der Waals surface area contributed by atoms with Gasteiger partial charge in [-0.2, -0.15) is 13.2 Å². The summed E-state index contributed by atoms with van der Waals surface area (Å²) in [6, 6.07) is 3.20. The third-order valence-corrected chi connectivity index (χ3v) is 3.05. The highest BCUT2D eigenvalue weighted by Gasteiger charge is 2.30. The molecule has 1 unspecified atom stereocenters. The Bertz CT molecular complexity index is 560. The molecule has 1 heterocycles. The van der Waals surface area contributed by atoms with Crippen LogP contribution in [0.5, 0.6) is 0 Å². The van der Waals surface area contributed by atoms with Gasteiger partial charge in [0.15, 0.2) is 0 Å². The first-order valence-corrected chi connectivity index (χ1v) is 6.24. The second kappa shape index (κ2) is 5.21. The minimum Gasteiger partial charge on any atom is -0.341 e. The summed E-state index contributed by atoms with van der Waals surface area (Å²) in [4.78, 5) is 7.12. The molecule has 0 amide bonds. The predicted molar refractivity (Wildman–Crippen MR) is 67.5 cm³/mol. The van der Waals surface area contributed by atoms with Gasteiger partial charge in [0.25, 0.3) is 0 Å². The van der Waals surface area contributed by atoms with Gasteiger partial charge in [-0.15, -0.1) is 0 Å². The highest BCUT2D eigenvalue weighted by molar-refractivity contribution is 5.76. The monoisotopic (exact) mass is 271 g/mol. The lowest BCUT2D eigenvalue weighted by Crippen LogP contribution is -2.11. The number of aromatic nitrogens is 2. The Kier molecular flexibility index (Phi) is 3.80. The Labute approximate surface area is 109 Å². The van der Waals surface area contributed by atoms with E-state index in [0.717, 1.165) is 31.4 Å². The molecule has 0 aliphatic carbocycles. The number of nitrogens with one attached hydrogen (secondary N) is 1. The van der Waals surface area contributed by atoms with Gasteiger partial charge < -0.3 is 10.7 Å². The summed E-state index contributed by atoms with van der Waals surface area (Å²) in [6.45, 7) is 2.06. The van der Waals surface area contributed by atoms with E-state index in [1.165, 1.54) is 6.07 Å². The van der Waals surface area contributed by atoms with Gasteiger partial charge in [0, 0.05) is 0 Å². The van der Waals surface area contributed by atoms with E-state index >= 15 is 0 Å². The zero-order valence-electron chi connectivity index (χ0n) is 10.6. The molecule has 0 fully saturated rings. The van der Waals surface area contributed by atoms with Crippen molar-refractivity contribution in [3.63, 3.8) is 0 Å². The number of benzene rings is 1. The number of rotatable bonds is 4. The highest BCUT2D eigenvalue weighted by Crippen LogP contribution is 2.31. The third kappa shape index (κ3) is 3.07. The van der Waals surface area contributed by atoms with Crippen LogP contribution >= 0.6 is 0 Å². The normalized spacial score (nSPS) is 13.9. The average molecular weight is 271 g/mol. The maximum absolute atomic E-state index is 12.6. The summed E-state index contributed by atoms with van der Waals surface area (Å²) in [5.74, 6) is 0.544. The van der Waals surface area contributed by atoms with Gasteiger partial charge in [-0.1, -0.05) is 19.8 Å². The molecule has 0 saturated carbocycles. The van der Waals surface area contributed by atoms with Gasteiger partial charge in [0.2, 0.25) is 0 Å². The van der Waals surface area contributed by atoms with Crippen LogP contribution in [0.2, 0.25) is 0 Å². The average Bonchev–Trinajstić information content (AvgIpc) is 2.77. The summed E-state index contributed by atoms with van der Waals surface area (Å²) >= 11 is 0. The van der Waals surface area contributed by atoms with Crippen molar-refractivity contribution in [1.29, 1.82) is 0 Å². The van der Waals surface area contributed by atoms with Crippen molar-refractivity contribution < 1.29 is 13.2 Å². The van der Waals surface area contributed by atoms with Gasteiger partial charge in [0.1, 0.15) is 5.82 Å². The molecule has 2 rings (SSSR count). The van der Waals surface area contributed by atoms with Crippen LogP contribution < -0.4 is 5.73 Å². The zero-order chi connectivity index (χ0) is 14.0. The molecule has 3 nitrogen and oxygen atoms in total. The first-order chi connectivity index (χ1) is 8.91. The molecule has 3 N–H and O–H groups in total. The molecule has 1 atom stereocenters. The van der Waals surface area contributed by atoms with Crippen molar-refractivity contribution in [2.45, 2.75) is 38.4 Å². The Morgan fingerprint density at radius 3 is 2.74 bits per heavy atom. The smallest absolute Gasteiger partial charge is 0.341 e. The minimum atomic E-state index is -4.34. The van der Waals surface area contributed by atoms with Crippen molar-refractivity contribution in [3.05, 3.63) is 29.6 Å². The fourth-order valence-electron chi connectivity index (χ4n) is 1.94. The molecule has 0 aliphatic rings. The van der Waals surface area contributed by atoms with E-state index in [4.69, 9.17) is 5.73 Å². The van der Waals surface area contributed by atoms with E-state index in [1.54, 1.807) is 0 Å². The Morgan fingerprint density at radius 1 is 1.37 bits per heavy atom. The van der Waals surface area contributed by atoms with Gasteiger partial charge in [0.05, 0.1) is 22.6 Å². The topological polar surface area (TPSA) is 54.7 Å². The second-order valence-corrected chi connectivity index (χ2v) is 4.60. The van der Waals surface area contributed by atoms with Crippen LogP contribution in [0.3, 0.4) is 0 Å². The number of alkyl halides is 3. The molecule has 1 aromatic heterocycles. The number of H-pyrrole nitrogens is 1. The van der Waals surface area contributed by atoms with Gasteiger partial charge in [-0.3, -0.25) is 0 Å². The van der Waals surface area contributed by atoms with Crippen LogP contribution in [0, 0.1) is 0 Å². The number of aromatic amines is 1. The van der Waals surface area contributed by atoms with Crippen LogP contribution in [0.15, 0.2) is 18.2 Å². The maximum Gasteiger partial charge on any atom is 0.416 e. The van der Waals surface area contributed by atoms with Crippen molar-refractivity contribution in [1.82, 2.24) is 9.97 Å². The van der Waals surface area contributed by atoms with Crippen LogP contribution in [-0.4, -0.2) is 9.97 Å². The van der Waals surface area contributed by atoms with Gasteiger partial charge in [-0.25, -0.2) is 4.98 Å². The van der Waals surface area contributed by atoms with Crippen LogP contribution in [0.4, 0.5) is 13.2 Å². The molecule has 0 aliphatic heterocycles. The second-order valence-electron chi connectivity index (χ2n) is 4.60. The molecule has 6 heteroatoms. The molecule has 0 spiro atoms. The van der Waals surface area contributed by atoms with E-state index < -0.39 is 11.7 Å². The van der Waals surface area contributed by atoms with E-state index in [1.807, 2.05) is 0 Å². The fraction of sp³-hybridized carbons (Fsp3) is 0.462. The molecular formula is C13H16F3N3. The zero-order valence-corrected chi connectivity index (χ0v) is 10.6. The van der Waals surface area contributed by atoms with E-state index in [-0.39, 0.29) is 6.04 Å². The lowest BCUT2D eigenvalue weighted by Gasteiger charge is -2.06. The van der Waals surface area contributed by atoms with Crippen molar-refractivity contribution >= 4 is 11.0 Å². The Balaban J connectivity index is 2.30. The Morgan fingerprint density at radius 2 is 2.11 bits per heavy atom. The van der Waals surface area contributed by atoms with Crippen LogP contribution in [0.1, 0.15) is 43.6 Å². The molecule has 19 heavy (non-hydrogen) atoms. The lowest BCUT2D eigenvalue weighted by molar-refractivity contribution is -0.137. The number of halogens is 3. The van der Waals surface area contributed by atoms with Crippen molar-refractivity contribution in [2.24, 2.45) is 5.73 Å². The molecule has 0 bridgehead atoms. The first-order valence-electron chi connectivity index (χ1n) is 6.24. The molecule has 104 valence electrons. The van der Waals surface area contributed by atoms with Crippen LogP contribution in [0.25, 0.3) is 11.0 Å². The fourth-order valence-corrected chi connectivity index (χ4v) is 1.94. The quantitative estimate of drug-likeness (QED) is 0.889.